The third-order valence-corrected chi connectivity index (χ3v) is 4.04. The Balaban J connectivity index is 1.82. The lowest BCUT2D eigenvalue weighted by Crippen LogP contribution is -2.22. The maximum Gasteiger partial charge on any atom is 0.269 e. The van der Waals surface area contributed by atoms with E-state index in [-0.39, 0.29) is 5.69 Å². The maximum atomic E-state index is 10.8. The molecule has 1 aromatic heterocycles. The Morgan fingerprint density at radius 2 is 2.00 bits per heavy atom. The summed E-state index contributed by atoms with van der Waals surface area (Å²) in [6, 6.07) is 14.3. The van der Waals surface area contributed by atoms with Crippen molar-refractivity contribution in [2.24, 2.45) is 4.99 Å². The van der Waals surface area contributed by atoms with Gasteiger partial charge in [-0.2, -0.15) is 0 Å². The van der Waals surface area contributed by atoms with Crippen LogP contribution in [0.15, 0.2) is 59.9 Å². The van der Waals surface area contributed by atoms with Gasteiger partial charge in [-0.15, -0.1) is 0 Å². The molecule has 2 heterocycles. The molecule has 3 aromatic rings. The van der Waals surface area contributed by atoms with Crippen LogP contribution in [-0.2, 0) is 0 Å². The molecule has 0 spiro atoms. The number of rotatable bonds is 4. The summed E-state index contributed by atoms with van der Waals surface area (Å²) in [6.07, 6.45) is 3.72. The number of nitro groups is 1. The van der Waals surface area contributed by atoms with Crippen LogP contribution in [0.1, 0.15) is 5.56 Å². The summed E-state index contributed by atoms with van der Waals surface area (Å²) in [5, 5.41) is 14.1. The average molecular weight is 333 g/mol. The summed E-state index contributed by atoms with van der Waals surface area (Å²) in [5.74, 6) is 0.793. The Morgan fingerprint density at radius 1 is 1.20 bits per heavy atom. The molecule has 0 saturated heterocycles. The summed E-state index contributed by atoms with van der Waals surface area (Å²) in [5.41, 5.74) is 3.67. The number of para-hydroxylation sites is 2. The summed E-state index contributed by atoms with van der Waals surface area (Å²) in [7, 11) is 0. The summed E-state index contributed by atoms with van der Waals surface area (Å²) >= 11 is 0. The highest BCUT2D eigenvalue weighted by Gasteiger charge is 2.16. The Bertz CT molecular complexity index is 1000. The number of amidine groups is 1. The fourth-order valence-corrected chi connectivity index (χ4v) is 2.82. The third-order valence-electron chi connectivity index (χ3n) is 4.04. The zero-order valence-electron chi connectivity index (χ0n) is 13.3. The van der Waals surface area contributed by atoms with Crippen LogP contribution in [0.5, 0.6) is 0 Å². The van der Waals surface area contributed by atoms with Gasteiger partial charge in [-0.05, 0) is 35.9 Å². The van der Waals surface area contributed by atoms with Gasteiger partial charge in [0.25, 0.3) is 5.69 Å². The van der Waals surface area contributed by atoms with Gasteiger partial charge in [0.05, 0.1) is 28.2 Å². The molecule has 0 fully saturated rings. The first-order valence-electron chi connectivity index (χ1n) is 7.90. The molecule has 0 aliphatic carbocycles. The van der Waals surface area contributed by atoms with Gasteiger partial charge in [0.2, 0.25) is 0 Å². The molecule has 7 heteroatoms. The zero-order valence-corrected chi connectivity index (χ0v) is 13.3. The standard InChI is InChI=1S/C18H15N5O2/c24-23(25)14-7-5-13(6-8-14)11-17(18-19-9-10-20-18)22-12-21-15-3-1-2-4-16(15)22/h1-8,11-12H,9-10H2,(H,19,20)/b17-11-. The van der Waals surface area contributed by atoms with Crippen LogP contribution in [0.25, 0.3) is 22.8 Å². The molecule has 0 bridgehead atoms. The van der Waals surface area contributed by atoms with E-state index in [9.17, 15) is 10.1 Å². The molecule has 1 N–H and O–H groups in total. The molecule has 25 heavy (non-hydrogen) atoms. The highest BCUT2D eigenvalue weighted by molar-refractivity contribution is 6.23. The van der Waals surface area contributed by atoms with Gasteiger partial charge in [0.15, 0.2) is 0 Å². The second-order valence-corrected chi connectivity index (χ2v) is 5.64. The first kappa shape index (κ1) is 15.1. The van der Waals surface area contributed by atoms with E-state index >= 15 is 0 Å². The van der Waals surface area contributed by atoms with Gasteiger partial charge in [-0.3, -0.25) is 19.7 Å². The van der Waals surface area contributed by atoms with Crippen molar-refractivity contribution >= 4 is 34.3 Å². The number of nitro benzene ring substituents is 1. The predicted molar refractivity (Wildman–Crippen MR) is 97.3 cm³/mol. The van der Waals surface area contributed by atoms with Gasteiger partial charge >= 0.3 is 0 Å². The molecular formula is C18H15N5O2. The smallest absolute Gasteiger partial charge is 0.269 e. The summed E-state index contributed by atoms with van der Waals surface area (Å²) in [4.78, 5) is 19.4. The second kappa shape index (κ2) is 6.20. The highest BCUT2D eigenvalue weighted by Crippen LogP contribution is 2.22. The number of imidazole rings is 1. The predicted octanol–water partition coefficient (Wildman–Crippen LogP) is 2.94. The SMILES string of the molecule is O=[N+]([O-])c1ccc(/C=C(/C2=NCCN2)n2cnc3ccccc32)cc1. The Kier molecular flexibility index (Phi) is 3.74. The van der Waals surface area contributed by atoms with E-state index in [1.165, 1.54) is 12.1 Å². The Morgan fingerprint density at radius 3 is 2.72 bits per heavy atom. The molecule has 7 nitrogen and oxygen atoms in total. The van der Waals surface area contributed by atoms with E-state index < -0.39 is 4.92 Å². The fraction of sp³-hybridized carbons (Fsp3) is 0.111. The number of aliphatic imine (C=N–C) groups is 1. The summed E-state index contributed by atoms with van der Waals surface area (Å²) in [6.45, 7) is 1.51. The van der Waals surface area contributed by atoms with E-state index in [0.29, 0.717) is 0 Å². The topological polar surface area (TPSA) is 85.4 Å². The monoisotopic (exact) mass is 333 g/mol. The van der Waals surface area contributed by atoms with Gasteiger partial charge in [-0.1, -0.05) is 12.1 Å². The van der Waals surface area contributed by atoms with E-state index in [1.807, 2.05) is 34.9 Å². The average Bonchev–Trinajstić information content (AvgIpc) is 3.30. The van der Waals surface area contributed by atoms with Crippen LogP contribution in [0, 0.1) is 10.1 Å². The highest BCUT2D eigenvalue weighted by atomic mass is 16.6. The van der Waals surface area contributed by atoms with Crippen molar-refractivity contribution < 1.29 is 4.92 Å². The van der Waals surface area contributed by atoms with Crippen LogP contribution in [0.3, 0.4) is 0 Å². The second-order valence-electron chi connectivity index (χ2n) is 5.64. The van der Waals surface area contributed by atoms with E-state index in [1.54, 1.807) is 18.5 Å². The largest absolute Gasteiger partial charge is 0.367 e. The molecule has 0 saturated carbocycles. The lowest BCUT2D eigenvalue weighted by atomic mass is 10.1. The quantitative estimate of drug-likeness (QED) is 0.587. The first-order valence-corrected chi connectivity index (χ1v) is 7.90. The van der Waals surface area contributed by atoms with Crippen molar-refractivity contribution in [1.82, 2.24) is 14.9 Å². The molecule has 1 aliphatic heterocycles. The van der Waals surface area contributed by atoms with Gasteiger partial charge in [0.1, 0.15) is 12.2 Å². The molecule has 2 aromatic carbocycles. The van der Waals surface area contributed by atoms with Crippen LogP contribution < -0.4 is 5.32 Å². The number of fused-ring (bicyclic) bond motifs is 1. The molecule has 4 rings (SSSR count). The maximum absolute atomic E-state index is 10.8. The zero-order chi connectivity index (χ0) is 17.2. The number of aromatic nitrogens is 2. The lowest BCUT2D eigenvalue weighted by Gasteiger charge is -2.11. The van der Waals surface area contributed by atoms with Crippen molar-refractivity contribution in [2.45, 2.75) is 0 Å². The number of nitrogens with one attached hydrogen (secondary N) is 1. The van der Waals surface area contributed by atoms with Crippen LogP contribution in [-0.4, -0.2) is 33.4 Å². The number of hydrogen-bond donors (Lipinski definition) is 1. The Hall–Kier alpha value is -3.48. The van der Waals surface area contributed by atoms with Crippen molar-refractivity contribution in [1.29, 1.82) is 0 Å². The number of hydrogen-bond acceptors (Lipinski definition) is 5. The Labute approximate surface area is 143 Å². The minimum Gasteiger partial charge on any atom is -0.367 e. The van der Waals surface area contributed by atoms with Gasteiger partial charge < -0.3 is 5.32 Å². The number of non-ortho nitro benzene ring substituents is 1. The molecule has 1 aliphatic rings. The normalized spacial score (nSPS) is 14.4. The van der Waals surface area contributed by atoms with Crippen molar-refractivity contribution in [2.75, 3.05) is 13.1 Å². The van der Waals surface area contributed by atoms with E-state index in [0.717, 1.165) is 41.2 Å². The van der Waals surface area contributed by atoms with Crippen molar-refractivity contribution in [3.63, 3.8) is 0 Å². The van der Waals surface area contributed by atoms with Crippen molar-refractivity contribution in [3.8, 4) is 0 Å². The van der Waals surface area contributed by atoms with Crippen molar-refractivity contribution in [3.05, 3.63) is 70.5 Å². The minimum absolute atomic E-state index is 0.0723. The molecule has 0 atom stereocenters. The van der Waals surface area contributed by atoms with Crippen LogP contribution in [0.2, 0.25) is 0 Å². The van der Waals surface area contributed by atoms with Crippen LogP contribution >= 0.6 is 0 Å². The summed E-state index contributed by atoms with van der Waals surface area (Å²) < 4.78 is 1.98. The lowest BCUT2D eigenvalue weighted by molar-refractivity contribution is -0.384. The number of benzene rings is 2. The van der Waals surface area contributed by atoms with E-state index in [4.69, 9.17) is 0 Å². The molecule has 124 valence electrons. The first-order chi connectivity index (χ1) is 12.2. The van der Waals surface area contributed by atoms with Gasteiger partial charge in [0, 0.05) is 18.7 Å². The minimum atomic E-state index is -0.402. The van der Waals surface area contributed by atoms with E-state index in [2.05, 4.69) is 15.3 Å². The molecule has 0 radical (unpaired) electrons. The fourth-order valence-electron chi connectivity index (χ4n) is 2.82. The third kappa shape index (κ3) is 2.87. The number of nitrogens with zero attached hydrogens (tertiary/aromatic N) is 4. The molecular weight excluding hydrogens is 318 g/mol. The molecule has 0 unspecified atom stereocenters. The van der Waals surface area contributed by atoms with Gasteiger partial charge in [-0.25, -0.2) is 4.98 Å². The molecule has 0 amide bonds. The van der Waals surface area contributed by atoms with Crippen LogP contribution in [0.4, 0.5) is 5.69 Å².